The van der Waals surface area contributed by atoms with Crippen LogP contribution in [-0.2, 0) is 11.8 Å². The molecule has 0 unspecified atom stereocenters. The second-order valence-electron chi connectivity index (χ2n) is 9.55. The van der Waals surface area contributed by atoms with Crippen LogP contribution in [0.3, 0.4) is 0 Å². The van der Waals surface area contributed by atoms with E-state index < -0.39 is 0 Å². The molecule has 0 saturated carbocycles. The van der Waals surface area contributed by atoms with E-state index in [0.717, 1.165) is 27.8 Å². The highest BCUT2D eigenvalue weighted by Crippen LogP contribution is 2.32. The lowest BCUT2D eigenvalue weighted by Crippen LogP contribution is -2.16. The summed E-state index contributed by atoms with van der Waals surface area (Å²) < 4.78 is 3.82. The summed E-state index contributed by atoms with van der Waals surface area (Å²) in [5.41, 5.74) is 5.05. The van der Waals surface area contributed by atoms with Crippen molar-refractivity contribution >= 4 is 45.5 Å². The van der Waals surface area contributed by atoms with Gasteiger partial charge in [0.2, 0.25) is 11.9 Å². The molecule has 1 amide bonds. The number of nitrogens with zero attached hydrogens (tertiary/aromatic N) is 7. The van der Waals surface area contributed by atoms with Crippen LogP contribution in [0.2, 0.25) is 0 Å². The summed E-state index contributed by atoms with van der Waals surface area (Å²) in [6, 6.07) is 15.8. The number of nitrogens with one attached hydrogen (secondary N) is 2. The first-order valence-corrected chi connectivity index (χ1v) is 12.3. The molecule has 0 aliphatic carbocycles. The molecule has 3 heterocycles. The zero-order chi connectivity index (χ0) is 26.8. The van der Waals surface area contributed by atoms with Crippen LogP contribution in [0.4, 0.5) is 23.0 Å². The van der Waals surface area contributed by atoms with Crippen LogP contribution in [-0.4, -0.2) is 69.7 Å². The first-order chi connectivity index (χ1) is 18.3. The maximum Gasteiger partial charge on any atom is 0.248 e. The molecule has 38 heavy (non-hydrogen) atoms. The van der Waals surface area contributed by atoms with Crippen molar-refractivity contribution in [2.24, 2.45) is 7.05 Å². The highest BCUT2D eigenvalue weighted by atomic mass is 16.1. The van der Waals surface area contributed by atoms with Gasteiger partial charge in [-0.15, -0.1) is 0 Å². The Bertz CT molecular complexity index is 1650. The minimum Gasteiger partial charge on any atom is -0.376 e. The Hall–Kier alpha value is -4.70. The molecule has 0 saturated heterocycles. The van der Waals surface area contributed by atoms with Crippen LogP contribution in [0.1, 0.15) is 0 Å². The average molecular weight is 510 g/mol. The summed E-state index contributed by atoms with van der Waals surface area (Å²) in [5, 5.41) is 11.9. The van der Waals surface area contributed by atoms with Gasteiger partial charge in [-0.05, 0) is 38.4 Å². The lowest BCUT2D eigenvalue weighted by atomic mass is 10.1. The lowest BCUT2D eigenvalue weighted by molar-refractivity contribution is -0.111. The molecular formula is C28H31N9O. The van der Waals surface area contributed by atoms with Gasteiger partial charge < -0.3 is 25.0 Å². The highest BCUT2D eigenvalue weighted by molar-refractivity contribution is 6.02. The highest BCUT2D eigenvalue weighted by Gasteiger charge is 2.16. The third kappa shape index (κ3) is 5.07. The van der Waals surface area contributed by atoms with Crippen LogP contribution in [0, 0.1) is 0 Å². The minimum atomic E-state index is -0.192. The molecule has 0 spiro atoms. The van der Waals surface area contributed by atoms with Crippen molar-refractivity contribution < 1.29 is 4.79 Å². The predicted octanol–water partition coefficient (Wildman–Crippen LogP) is 4.15. The van der Waals surface area contributed by atoms with Gasteiger partial charge >= 0.3 is 0 Å². The monoisotopic (exact) mass is 509 g/mol. The Morgan fingerprint density at radius 1 is 1.05 bits per heavy atom. The summed E-state index contributed by atoms with van der Waals surface area (Å²) in [4.78, 5) is 26.0. The topological polar surface area (TPSA) is 95.6 Å². The van der Waals surface area contributed by atoms with Gasteiger partial charge in [-0.1, -0.05) is 24.3 Å². The molecule has 0 aliphatic heterocycles. The minimum absolute atomic E-state index is 0.192. The Balaban J connectivity index is 1.50. The van der Waals surface area contributed by atoms with Gasteiger partial charge in [0.15, 0.2) is 11.5 Å². The molecule has 194 valence electrons. The number of carbonyl (C=O) groups excluding carboxylic acids is 1. The van der Waals surface area contributed by atoms with Crippen LogP contribution in [0.5, 0.6) is 0 Å². The largest absolute Gasteiger partial charge is 0.376 e. The van der Waals surface area contributed by atoms with Crippen LogP contribution in [0.25, 0.3) is 27.9 Å². The van der Waals surface area contributed by atoms with Gasteiger partial charge in [-0.3, -0.25) is 4.79 Å². The number of para-hydroxylation sites is 1. The van der Waals surface area contributed by atoms with Crippen molar-refractivity contribution in [3.05, 3.63) is 73.1 Å². The molecule has 2 N–H and O–H groups in total. The Morgan fingerprint density at radius 2 is 1.87 bits per heavy atom. The quantitative estimate of drug-likeness (QED) is 0.304. The molecule has 0 fully saturated rings. The average Bonchev–Trinajstić information content (AvgIpc) is 3.48. The van der Waals surface area contributed by atoms with Crippen LogP contribution >= 0.6 is 0 Å². The number of hydrogen-bond acceptors (Lipinski definition) is 7. The van der Waals surface area contributed by atoms with Crippen molar-refractivity contribution in [1.29, 1.82) is 0 Å². The van der Waals surface area contributed by atoms with E-state index in [2.05, 4.69) is 43.6 Å². The molecular weight excluding hydrogens is 478 g/mol. The van der Waals surface area contributed by atoms with Crippen LogP contribution in [0.15, 0.2) is 73.1 Å². The van der Waals surface area contributed by atoms with E-state index in [1.165, 1.54) is 0 Å². The third-order valence-electron chi connectivity index (χ3n) is 6.13. The molecule has 0 bridgehead atoms. The molecule has 10 heteroatoms. The van der Waals surface area contributed by atoms with E-state index in [4.69, 9.17) is 4.98 Å². The summed E-state index contributed by atoms with van der Waals surface area (Å²) in [6.07, 6.45) is 7.15. The number of rotatable bonds is 8. The number of likely N-dealkylation sites (N-methyl/N-ethyl adjacent to an activating group) is 1. The normalized spacial score (nSPS) is 11.6. The Morgan fingerprint density at radius 3 is 2.66 bits per heavy atom. The summed E-state index contributed by atoms with van der Waals surface area (Å²) in [6.45, 7) is 0.684. The van der Waals surface area contributed by atoms with Crippen LogP contribution < -0.4 is 15.5 Å². The zero-order valence-electron chi connectivity index (χ0n) is 22.2. The molecule has 2 aromatic carbocycles. The van der Waals surface area contributed by atoms with Gasteiger partial charge in [0.25, 0.3) is 0 Å². The number of aromatic nitrogens is 5. The van der Waals surface area contributed by atoms with E-state index in [0.29, 0.717) is 29.7 Å². The SMILES string of the molecule is CN(C)CC=CC(=O)Nc1cc(Nc2nc(-c3cn(C)c4ccccc34)n3nccc3n2)ccc1N(C)C. The second-order valence-corrected chi connectivity index (χ2v) is 9.55. The summed E-state index contributed by atoms with van der Waals surface area (Å²) in [7, 11) is 9.80. The molecule has 5 rings (SSSR count). The molecule has 3 aromatic heterocycles. The van der Waals surface area contributed by atoms with E-state index in [-0.39, 0.29) is 5.91 Å². The molecule has 10 nitrogen and oxygen atoms in total. The van der Waals surface area contributed by atoms with Gasteiger partial charge in [-0.25, -0.2) is 0 Å². The van der Waals surface area contributed by atoms with Crippen molar-refractivity contribution in [2.45, 2.75) is 0 Å². The van der Waals surface area contributed by atoms with E-state index in [1.807, 2.05) is 87.5 Å². The van der Waals surface area contributed by atoms with E-state index in [1.54, 1.807) is 16.8 Å². The zero-order valence-corrected chi connectivity index (χ0v) is 22.2. The number of benzene rings is 2. The number of amides is 1. The van der Waals surface area contributed by atoms with Gasteiger partial charge in [0.1, 0.15) is 0 Å². The first-order valence-electron chi connectivity index (χ1n) is 12.3. The van der Waals surface area contributed by atoms with Crippen molar-refractivity contribution in [2.75, 3.05) is 50.3 Å². The number of carbonyl (C=O) groups is 1. The van der Waals surface area contributed by atoms with Crippen molar-refractivity contribution in [3.8, 4) is 11.4 Å². The summed E-state index contributed by atoms with van der Waals surface area (Å²) in [5.74, 6) is 0.924. The van der Waals surface area contributed by atoms with Gasteiger partial charge in [-0.2, -0.15) is 19.6 Å². The molecule has 0 atom stereocenters. The fourth-order valence-electron chi connectivity index (χ4n) is 4.35. The smallest absolute Gasteiger partial charge is 0.248 e. The maximum atomic E-state index is 12.6. The number of fused-ring (bicyclic) bond motifs is 2. The molecule has 5 aromatic rings. The van der Waals surface area contributed by atoms with Crippen molar-refractivity contribution in [1.82, 2.24) is 29.0 Å². The standard InChI is InChI=1S/C28H31N9O/c1-34(2)16-8-11-26(38)31-22-17-19(12-13-24(22)35(3)4)30-28-32-25-14-15-29-37(25)27(33-28)21-18-36(5)23-10-7-6-9-20(21)23/h6-15,17-18H,16H2,1-5H3,(H,30,32)(H,31,38). The fourth-order valence-corrected chi connectivity index (χ4v) is 4.35. The summed E-state index contributed by atoms with van der Waals surface area (Å²) >= 11 is 0. The van der Waals surface area contributed by atoms with Crippen molar-refractivity contribution in [3.63, 3.8) is 0 Å². The third-order valence-corrected chi connectivity index (χ3v) is 6.13. The number of anilines is 4. The van der Waals surface area contributed by atoms with E-state index >= 15 is 0 Å². The molecule has 0 aliphatic rings. The first kappa shape index (κ1) is 25.0. The maximum absolute atomic E-state index is 12.6. The lowest BCUT2D eigenvalue weighted by Gasteiger charge is -2.19. The Labute approximate surface area is 221 Å². The van der Waals surface area contributed by atoms with Gasteiger partial charge in [0.05, 0.1) is 17.6 Å². The van der Waals surface area contributed by atoms with Gasteiger partial charge in [0, 0.05) is 68.2 Å². The second kappa shape index (κ2) is 10.3. The fraction of sp³-hybridized carbons (Fsp3) is 0.214. The molecule has 0 radical (unpaired) electrons. The number of hydrogen-bond donors (Lipinski definition) is 2. The number of aryl methyl sites for hydroxylation is 1. The van der Waals surface area contributed by atoms with E-state index in [9.17, 15) is 4.79 Å². The predicted molar refractivity (Wildman–Crippen MR) is 153 cm³/mol. The Kier molecular flexibility index (Phi) is 6.80.